The second-order valence-electron chi connectivity index (χ2n) is 6.00. The van der Waals surface area contributed by atoms with E-state index in [1.165, 1.54) is 11.8 Å². The SMILES string of the molecule is O=C(COC(=O)CC1Sc2ccc(Cl)cc2NC1=O)NCc1ccc(Cl)cc1. The van der Waals surface area contributed by atoms with E-state index in [1.54, 1.807) is 42.5 Å². The average Bonchev–Trinajstić information content (AvgIpc) is 2.66. The Hall–Kier alpha value is -2.22. The third kappa shape index (κ3) is 5.64. The van der Waals surface area contributed by atoms with E-state index >= 15 is 0 Å². The first-order chi connectivity index (χ1) is 13.4. The molecule has 2 aromatic rings. The summed E-state index contributed by atoms with van der Waals surface area (Å²) in [6, 6.07) is 12.2. The first-order valence-electron chi connectivity index (χ1n) is 8.34. The van der Waals surface area contributed by atoms with Gasteiger partial charge in [-0.05, 0) is 35.9 Å². The molecule has 1 unspecified atom stereocenters. The molecule has 0 saturated heterocycles. The summed E-state index contributed by atoms with van der Waals surface area (Å²) in [6.45, 7) is -0.106. The Morgan fingerprint density at radius 2 is 1.82 bits per heavy atom. The number of ether oxygens (including phenoxy) is 1. The maximum Gasteiger partial charge on any atom is 0.307 e. The molecule has 1 atom stereocenters. The molecule has 2 N–H and O–H groups in total. The number of fused-ring (bicyclic) bond motifs is 1. The molecule has 28 heavy (non-hydrogen) atoms. The third-order valence-electron chi connectivity index (χ3n) is 3.88. The van der Waals surface area contributed by atoms with Crippen LogP contribution in [0.2, 0.25) is 10.0 Å². The molecule has 2 amide bonds. The van der Waals surface area contributed by atoms with E-state index in [4.69, 9.17) is 27.9 Å². The zero-order valence-electron chi connectivity index (χ0n) is 14.5. The first kappa shape index (κ1) is 20.5. The second-order valence-corrected chi connectivity index (χ2v) is 8.12. The Morgan fingerprint density at radius 3 is 2.57 bits per heavy atom. The van der Waals surface area contributed by atoms with Crippen LogP contribution in [0.25, 0.3) is 0 Å². The van der Waals surface area contributed by atoms with Crippen molar-refractivity contribution in [3.05, 3.63) is 58.1 Å². The highest BCUT2D eigenvalue weighted by Gasteiger charge is 2.29. The van der Waals surface area contributed by atoms with Gasteiger partial charge in [0, 0.05) is 21.5 Å². The highest BCUT2D eigenvalue weighted by atomic mass is 35.5. The van der Waals surface area contributed by atoms with Crippen LogP contribution in [-0.2, 0) is 25.7 Å². The highest BCUT2D eigenvalue weighted by molar-refractivity contribution is 8.01. The zero-order chi connectivity index (χ0) is 20.1. The Morgan fingerprint density at radius 1 is 1.11 bits per heavy atom. The molecular formula is C19H16Cl2N2O4S. The first-order valence-corrected chi connectivity index (χ1v) is 9.98. The van der Waals surface area contributed by atoms with Crippen LogP contribution in [0.15, 0.2) is 47.4 Å². The summed E-state index contributed by atoms with van der Waals surface area (Å²) in [7, 11) is 0. The van der Waals surface area contributed by atoms with Gasteiger partial charge < -0.3 is 15.4 Å². The van der Waals surface area contributed by atoms with E-state index in [9.17, 15) is 14.4 Å². The van der Waals surface area contributed by atoms with E-state index in [1.807, 2.05) is 0 Å². The summed E-state index contributed by atoms with van der Waals surface area (Å²) in [5.74, 6) is -1.35. The van der Waals surface area contributed by atoms with Crippen molar-refractivity contribution < 1.29 is 19.1 Å². The van der Waals surface area contributed by atoms with Gasteiger partial charge in [0.05, 0.1) is 17.4 Å². The van der Waals surface area contributed by atoms with Gasteiger partial charge in [-0.3, -0.25) is 14.4 Å². The van der Waals surface area contributed by atoms with E-state index in [2.05, 4.69) is 10.6 Å². The summed E-state index contributed by atoms with van der Waals surface area (Å²) in [5.41, 5.74) is 1.49. The van der Waals surface area contributed by atoms with Crippen LogP contribution in [0, 0.1) is 0 Å². The van der Waals surface area contributed by atoms with Crippen molar-refractivity contribution in [2.45, 2.75) is 23.1 Å². The number of anilines is 1. The Kier molecular flexibility index (Phi) is 6.83. The normalized spacial score (nSPS) is 15.4. The number of hydrogen-bond donors (Lipinski definition) is 2. The van der Waals surface area contributed by atoms with Crippen LogP contribution in [0.4, 0.5) is 5.69 Å². The quantitative estimate of drug-likeness (QED) is 0.672. The van der Waals surface area contributed by atoms with Crippen LogP contribution in [0.3, 0.4) is 0 Å². The zero-order valence-corrected chi connectivity index (χ0v) is 16.9. The summed E-state index contributed by atoms with van der Waals surface area (Å²) in [5, 5.41) is 5.87. The van der Waals surface area contributed by atoms with Crippen molar-refractivity contribution in [3.63, 3.8) is 0 Å². The van der Waals surface area contributed by atoms with E-state index < -0.39 is 23.7 Å². The fourth-order valence-corrected chi connectivity index (χ4v) is 3.84. The van der Waals surface area contributed by atoms with Gasteiger partial charge in [-0.1, -0.05) is 35.3 Å². The lowest BCUT2D eigenvalue weighted by Gasteiger charge is -2.23. The van der Waals surface area contributed by atoms with Gasteiger partial charge in [0.15, 0.2) is 6.61 Å². The number of carbonyl (C=O) groups excluding carboxylic acids is 3. The minimum absolute atomic E-state index is 0.136. The van der Waals surface area contributed by atoms with Crippen molar-refractivity contribution in [2.24, 2.45) is 0 Å². The van der Waals surface area contributed by atoms with Crippen LogP contribution in [-0.4, -0.2) is 29.6 Å². The standard InChI is InChI=1S/C19H16Cl2N2O4S/c20-12-3-1-11(2-4-12)9-22-17(24)10-27-18(25)8-16-19(26)23-14-7-13(21)5-6-15(14)28-16/h1-7,16H,8-10H2,(H,22,24)(H,23,26). The van der Waals surface area contributed by atoms with Crippen molar-refractivity contribution in [2.75, 3.05) is 11.9 Å². The molecule has 0 radical (unpaired) electrons. The van der Waals surface area contributed by atoms with Gasteiger partial charge in [0.1, 0.15) is 0 Å². The van der Waals surface area contributed by atoms with Crippen LogP contribution >= 0.6 is 35.0 Å². The van der Waals surface area contributed by atoms with E-state index in [0.29, 0.717) is 22.3 Å². The maximum atomic E-state index is 12.2. The summed E-state index contributed by atoms with van der Waals surface area (Å²) in [6.07, 6.45) is -0.136. The smallest absolute Gasteiger partial charge is 0.307 e. The Labute approximate surface area is 175 Å². The Bertz CT molecular complexity index is 905. The van der Waals surface area contributed by atoms with Gasteiger partial charge in [-0.15, -0.1) is 11.8 Å². The number of esters is 1. The molecule has 0 spiro atoms. The lowest BCUT2D eigenvalue weighted by molar-refractivity contribution is -0.149. The molecule has 1 aliphatic rings. The maximum absolute atomic E-state index is 12.2. The molecule has 0 bridgehead atoms. The number of hydrogen-bond acceptors (Lipinski definition) is 5. The molecule has 146 valence electrons. The molecule has 6 nitrogen and oxygen atoms in total. The van der Waals surface area contributed by atoms with Crippen molar-refractivity contribution in [3.8, 4) is 0 Å². The minimum Gasteiger partial charge on any atom is -0.456 e. The molecule has 1 aliphatic heterocycles. The monoisotopic (exact) mass is 438 g/mol. The molecule has 2 aromatic carbocycles. The van der Waals surface area contributed by atoms with E-state index in [-0.39, 0.29) is 12.3 Å². The number of nitrogens with one attached hydrogen (secondary N) is 2. The molecule has 0 aromatic heterocycles. The molecule has 1 heterocycles. The molecule has 9 heteroatoms. The van der Waals surface area contributed by atoms with Crippen LogP contribution < -0.4 is 10.6 Å². The topological polar surface area (TPSA) is 84.5 Å². The summed E-state index contributed by atoms with van der Waals surface area (Å²) < 4.78 is 4.98. The van der Waals surface area contributed by atoms with Gasteiger partial charge in [0.2, 0.25) is 5.91 Å². The predicted molar refractivity (Wildman–Crippen MR) is 109 cm³/mol. The lowest BCUT2D eigenvalue weighted by atomic mass is 10.2. The molecule has 0 fully saturated rings. The average molecular weight is 439 g/mol. The summed E-state index contributed by atoms with van der Waals surface area (Å²) >= 11 is 13.0. The Balaban J connectivity index is 1.43. The van der Waals surface area contributed by atoms with Crippen LogP contribution in [0.1, 0.15) is 12.0 Å². The molecule has 0 saturated carbocycles. The fourth-order valence-electron chi connectivity index (χ4n) is 2.47. The molecular weight excluding hydrogens is 423 g/mol. The largest absolute Gasteiger partial charge is 0.456 e. The number of halogens is 2. The van der Waals surface area contributed by atoms with Crippen molar-refractivity contribution in [1.82, 2.24) is 5.32 Å². The van der Waals surface area contributed by atoms with Gasteiger partial charge in [-0.2, -0.15) is 0 Å². The fraction of sp³-hybridized carbons (Fsp3) is 0.211. The number of benzene rings is 2. The minimum atomic E-state index is -0.627. The number of amides is 2. The van der Waals surface area contributed by atoms with Crippen molar-refractivity contribution in [1.29, 1.82) is 0 Å². The summed E-state index contributed by atoms with van der Waals surface area (Å²) in [4.78, 5) is 36.8. The molecule has 3 rings (SSSR count). The second kappa shape index (κ2) is 9.32. The highest BCUT2D eigenvalue weighted by Crippen LogP contribution is 2.38. The predicted octanol–water partition coefficient (Wildman–Crippen LogP) is 3.66. The lowest BCUT2D eigenvalue weighted by Crippen LogP contribution is -2.33. The number of rotatable bonds is 6. The van der Waals surface area contributed by atoms with Crippen LogP contribution in [0.5, 0.6) is 0 Å². The number of carbonyl (C=O) groups is 3. The third-order valence-corrected chi connectivity index (χ3v) is 5.64. The van der Waals surface area contributed by atoms with Gasteiger partial charge in [-0.25, -0.2) is 0 Å². The van der Waals surface area contributed by atoms with E-state index in [0.717, 1.165) is 10.5 Å². The van der Waals surface area contributed by atoms with Gasteiger partial charge in [0.25, 0.3) is 5.91 Å². The number of thioether (sulfide) groups is 1. The van der Waals surface area contributed by atoms with Crippen molar-refractivity contribution >= 4 is 58.4 Å². The molecule has 0 aliphatic carbocycles. The van der Waals surface area contributed by atoms with Gasteiger partial charge >= 0.3 is 5.97 Å².